The number of aliphatic hydroxyl groups is 1. The molecular formula is C16H21NO2S. The Bertz CT molecular complexity index is 546. The smallest absolute Gasteiger partial charge is 0.136 e. The van der Waals surface area contributed by atoms with Crippen molar-refractivity contribution >= 4 is 11.8 Å². The van der Waals surface area contributed by atoms with Crippen molar-refractivity contribution in [3.8, 4) is 0 Å². The van der Waals surface area contributed by atoms with Crippen molar-refractivity contribution in [3.63, 3.8) is 0 Å². The number of nitrogens with one attached hydrogen (secondary N) is 1. The van der Waals surface area contributed by atoms with E-state index in [-0.39, 0.29) is 0 Å². The summed E-state index contributed by atoms with van der Waals surface area (Å²) in [7, 11) is 0. The number of hydrogen-bond donors (Lipinski definition) is 2. The first-order valence-electron chi connectivity index (χ1n) is 6.64. The van der Waals surface area contributed by atoms with Gasteiger partial charge in [0.2, 0.25) is 0 Å². The average Bonchev–Trinajstić information content (AvgIpc) is 2.87. The fraction of sp³-hybridized carbons (Fsp3) is 0.375. The lowest BCUT2D eigenvalue weighted by atomic mass is 10.0. The van der Waals surface area contributed by atoms with Crippen LogP contribution >= 0.6 is 11.8 Å². The minimum Gasteiger partial charge on any atom is -0.463 e. The third-order valence-corrected chi connectivity index (χ3v) is 3.97. The van der Waals surface area contributed by atoms with Crippen molar-refractivity contribution in [3.05, 3.63) is 53.5 Å². The average molecular weight is 291 g/mol. The van der Waals surface area contributed by atoms with E-state index in [2.05, 4.69) is 35.8 Å². The molecule has 1 heterocycles. The minimum absolute atomic E-state index is 0.449. The number of aryl methyl sites for hydroxylation is 1. The number of rotatable bonds is 6. The van der Waals surface area contributed by atoms with Crippen LogP contribution in [0.1, 0.15) is 24.0 Å². The quantitative estimate of drug-likeness (QED) is 0.802. The highest BCUT2D eigenvalue weighted by atomic mass is 32.2. The Labute approximate surface area is 124 Å². The lowest BCUT2D eigenvalue weighted by Crippen LogP contribution is -2.34. The molecule has 0 spiro atoms. The van der Waals surface area contributed by atoms with Gasteiger partial charge in [-0.3, -0.25) is 0 Å². The molecule has 0 aliphatic carbocycles. The summed E-state index contributed by atoms with van der Waals surface area (Å²) in [6.07, 6.45) is 2.07. The van der Waals surface area contributed by atoms with Gasteiger partial charge >= 0.3 is 0 Å². The molecule has 3 nitrogen and oxygen atoms in total. The molecule has 1 aromatic heterocycles. The van der Waals surface area contributed by atoms with Crippen molar-refractivity contribution in [2.24, 2.45) is 0 Å². The number of furan rings is 1. The lowest BCUT2D eigenvalue weighted by Gasteiger charge is -2.21. The molecule has 20 heavy (non-hydrogen) atoms. The van der Waals surface area contributed by atoms with Crippen LogP contribution in [0.5, 0.6) is 0 Å². The first-order valence-corrected chi connectivity index (χ1v) is 7.87. The molecule has 1 unspecified atom stereocenters. The van der Waals surface area contributed by atoms with Crippen molar-refractivity contribution in [2.45, 2.75) is 30.9 Å². The molecule has 0 saturated heterocycles. The van der Waals surface area contributed by atoms with Gasteiger partial charge in [0, 0.05) is 18.0 Å². The SMILES string of the molecule is CSc1ccc(CNCC(C)(O)c2ccc(C)o2)cc1. The van der Waals surface area contributed by atoms with E-state index in [0.29, 0.717) is 12.3 Å². The highest BCUT2D eigenvalue weighted by Crippen LogP contribution is 2.22. The van der Waals surface area contributed by atoms with Crippen LogP contribution < -0.4 is 5.32 Å². The van der Waals surface area contributed by atoms with Gasteiger partial charge in [-0.1, -0.05) is 12.1 Å². The molecule has 0 amide bonds. The summed E-state index contributed by atoms with van der Waals surface area (Å²) >= 11 is 1.73. The molecule has 2 rings (SSSR count). The Morgan fingerprint density at radius 3 is 2.45 bits per heavy atom. The van der Waals surface area contributed by atoms with E-state index in [1.807, 2.05) is 19.1 Å². The van der Waals surface area contributed by atoms with Crippen LogP contribution in [0.15, 0.2) is 45.7 Å². The second kappa shape index (κ2) is 6.48. The highest BCUT2D eigenvalue weighted by molar-refractivity contribution is 7.98. The van der Waals surface area contributed by atoms with Gasteiger partial charge in [-0.2, -0.15) is 0 Å². The molecule has 0 aliphatic heterocycles. The predicted molar refractivity (Wildman–Crippen MR) is 82.9 cm³/mol. The summed E-state index contributed by atoms with van der Waals surface area (Å²) in [5, 5.41) is 13.7. The Balaban J connectivity index is 1.88. The molecule has 4 heteroatoms. The zero-order valence-corrected chi connectivity index (χ0v) is 13.0. The summed E-state index contributed by atoms with van der Waals surface area (Å²) in [5.74, 6) is 1.41. The summed E-state index contributed by atoms with van der Waals surface area (Å²) in [4.78, 5) is 1.26. The molecule has 1 aromatic carbocycles. The van der Waals surface area contributed by atoms with E-state index >= 15 is 0 Å². The minimum atomic E-state index is -0.993. The summed E-state index contributed by atoms with van der Waals surface area (Å²) in [5.41, 5.74) is 0.210. The normalized spacial score (nSPS) is 14.2. The van der Waals surface area contributed by atoms with Crippen LogP contribution in [0.3, 0.4) is 0 Å². The Morgan fingerprint density at radius 1 is 1.20 bits per heavy atom. The fourth-order valence-electron chi connectivity index (χ4n) is 2.00. The van der Waals surface area contributed by atoms with Gasteiger partial charge < -0.3 is 14.8 Å². The molecule has 0 bridgehead atoms. The Kier molecular flexibility index (Phi) is 4.91. The van der Waals surface area contributed by atoms with Crippen LogP contribution in [0.4, 0.5) is 0 Å². The van der Waals surface area contributed by atoms with Crippen LogP contribution in [-0.4, -0.2) is 17.9 Å². The first-order chi connectivity index (χ1) is 9.51. The van der Waals surface area contributed by atoms with Crippen molar-refractivity contribution in [1.29, 1.82) is 0 Å². The summed E-state index contributed by atoms with van der Waals surface area (Å²) in [6, 6.07) is 12.1. The number of hydrogen-bond acceptors (Lipinski definition) is 4. The van der Waals surface area contributed by atoms with Gasteiger partial charge in [0.25, 0.3) is 0 Å². The zero-order valence-electron chi connectivity index (χ0n) is 12.1. The maximum atomic E-state index is 10.4. The van der Waals surface area contributed by atoms with Crippen LogP contribution in [0.25, 0.3) is 0 Å². The van der Waals surface area contributed by atoms with E-state index in [4.69, 9.17) is 4.42 Å². The molecule has 0 saturated carbocycles. The lowest BCUT2D eigenvalue weighted by molar-refractivity contribution is 0.0333. The van der Waals surface area contributed by atoms with Gasteiger partial charge in [0.05, 0.1) is 0 Å². The van der Waals surface area contributed by atoms with E-state index in [1.165, 1.54) is 10.5 Å². The second-order valence-corrected chi connectivity index (χ2v) is 6.02. The molecule has 0 aliphatic rings. The first kappa shape index (κ1) is 15.2. The van der Waals surface area contributed by atoms with Gasteiger partial charge in [0.15, 0.2) is 0 Å². The van der Waals surface area contributed by atoms with Gasteiger partial charge in [-0.25, -0.2) is 0 Å². The van der Waals surface area contributed by atoms with E-state index in [1.54, 1.807) is 18.7 Å². The molecule has 108 valence electrons. The fourth-order valence-corrected chi connectivity index (χ4v) is 2.41. The van der Waals surface area contributed by atoms with E-state index in [0.717, 1.165) is 12.3 Å². The van der Waals surface area contributed by atoms with Crippen LogP contribution in [0, 0.1) is 6.92 Å². The van der Waals surface area contributed by atoms with E-state index in [9.17, 15) is 5.11 Å². The maximum absolute atomic E-state index is 10.4. The largest absolute Gasteiger partial charge is 0.463 e. The zero-order chi connectivity index (χ0) is 14.6. The molecule has 2 N–H and O–H groups in total. The van der Waals surface area contributed by atoms with Crippen LogP contribution in [-0.2, 0) is 12.1 Å². The van der Waals surface area contributed by atoms with Crippen LogP contribution in [0.2, 0.25) is 0 Å². The van der Waals surface area contributed by atoms with Gasteiger partial charge in [0.1, 0.15) is 17.1 Å². The number of thioether (sulfide) groups is 1. The third kappa shape index (κ3) is 3.88. The van der Waals surface area contributed by atoms with Gasteiger partial charge in [-0.15, -0.1) is 11.8 Å². The molecule has 0 fully saturated rings. The Hall–Kier alpha value is -1.23. The maximum Gasteiger partial charge on any atom is 0.136 e. The molecule has 2 aromatic rings. The Morgan fingerprint density at radius 2 is 1.90 bits per heavy atom. The molecule has 1 atom stereocenters. The van der Waals surface area contributed by atoms with Crippen molar-refractivity contribution in [1.82, 2.24) is 5.32 Å². The van der Waals surface area contributed by atoms with E-state index < -0.39 is 5.60 Å². The number of benzene rings is 1. The predicted octanol–water partition coefficient (Wildman–Crippen LogP) is 3.31. The summed E-state index contributed by atoms with van der Waals surface area (Å²) < 4.78 is 5.49. The molecular weight excluding hydrogens is 270 g/mol. The van der Waals surface area contributed by atoms with Gasteiger partial charge in [-0.05, 0) is 49.9 Å². The van der Waals surface area contributed by atoms with Crippen molar-refractivity contribution in [2.75, 3.05) is 12.8 Å². The summed E-state index contributed by atoms with van der Waals surface area (Å²) in [6.45, 7) is 4.81. The third-order valence-electron chi connectivity index (χ3n) is 3.23. The van der Waals surface area contributed by atoms with Crippen molar-refractivity contribution < 1.29 is 9.52 Å². The highest BCUT2D eigenvalue weighted by Gasteiger charge is 2.26. The standard InChI is InChI=1S/C16H21NO2S/c1-12-4-9-15(19-12)16(2,18)11-17-10-13-5-7-14(20-3)8-6-13/h4-9,17-18H,10-11H2,1-3H3. The monoisotopic (exact) mass is 291 g/mol. The molecule has 0 radical (unpaired) electrons. The second-order valence-electron chi connectivity index (χ2n) is 5.14. The topological polar surface area (TPSA) is 45.4 Å².